The summed E-state index contributed by atoms with van der Waals surface area (Å²) in [6, 6.07) is 18.2. The lowest BCUT2D eigenvalue weighted by atomic mass is 10.0. The van der Waals surface area contributed by atoms with E-state index in [4.69, 9.17) is 21.4 Å². The largest absolute Gasteiger partial charge is 0.495 e. The molecule has 0 bridgehead atoms. The Hall–Kier alpha value is -3.62. The molecule has 0 fully saturated rings. The molecular weight excluding hydrogens is 458 g/mol. The van der Waals surface area contributed by atoms with Crippen molar-refractivity contribution in [3.63, 3.8) is 0 Å². The summed E-state index contributed by atoms with van der Waals surface area (Å²) in [5.74, 6) is 1.44. The first-order chi connectivity index (χ1) is 16.0. The van der Waals surface area contributed by atoms with Crippen LogP contribution in [0.2, 0.25) is 5.02 Å². The molecule has 5 rings (SSSR count). The van der Waals surface area contributed by atoms with Gasteiger partial charge in [0.1, 0.15) is 11.8 Å². The molecule has 1 atom stereocenters. The Morgan fingerprint density at radius 3 is 2.79 bits per heavy atom. The van der Waals surface area contributed by atoms with Crippen molar-refractivity contribution in [3.05, 3.63) is 87.2 Å². The molecule has 2 N–H and O–H groups in total. The minimum Gasteiger partial charge on any atom is -0.495 e. The number of nitrogens with zero attached hydrogens (tertiary/aromatic N) is 3. The summed E-state index contributed by atoms with van der Waals surface area (Å²) in [7, 11) is 1.57. The molecule has 2 aromatic heterocycles. The lowest BCUT2D eigenvalue weighted by Gasteiger charge is -2.27. The second-order valence-electron chi connectivity index (χ2n) is 7.45. The van der Waals surface area contributed by atoms with Crippen molar-refractivity contribution in [1.82, 2.24) is 14.8 Å². The van der Waals surface area contributed by atoms with Crippen LogP contribution in [0.25, 0.3) is 11.4 Å². The van der Waals surface area contributed by atoms with E-state index in [2.05, 4.69) is 15.6 Å². The number of para-hydroxylation sites is 2. The first kappa shape index (κ1) is 21.2. The van der Waals surface area contributed by atoms with Crippen LogP contribution in [0.1, 0.15) is 17.8 Å². The van der Waals surface area contributed by atoms with Crippen molar-refractivity contribution in [2.75, 3.05) is 17.7 Å². The molecule has 0 aliphatic carbocycles. The van der Waals surface area contributed by atoms with E-state index in [1.54, 1.807) is 41.3 Å². The zero-order valence-corrected chi connectivity index (χ0v) is 19.4. The second kappa shape index (κ2) is 8.73. The summed E-state index contributed by atoms with van der Waals surface area (Å²) in [5.41, 5.74) is 2.66. The minimum atomic E-state index is -0.434. The van der Waals surface area contributed by atoms with Gasteiger partial charge in [-0.2, -0.15) is 4.98 Å². The lowest BCUT2D eigenvalue weighted by Crippen LogP contribution is -2.31. The van der Waals surface area contributed by atoms with Crippen molar-refractivity contribution >= 4 is 40.5 Å². The highest BCUT2D eigenvalue weighted by atomic mass is 35.5. The van der Waals surface area contributed by atoms with Gasteiger partial charge in [0.2, 0.25) is 5.95 Å². The average molecular weight is 478 g/mol. The number of hydrogen-bond donors (Lipinski definition) is 2. The Kier molecular flexibility index (Phi) is 5.62. The first-order valence-electron chi connectivity index (χ1n) is 10.2. The van der Waals surface area contributed by atoms with Gasteiger partial charge in [0.15, 0.2) is 5.82 Å². The van der Waals surface area contributed by atoms with Gasteiger partial charge in [-0.3, -0.25) is 4.79 Å². The highest BCUT2D eigenvalue weighted by Gasteiger charge is 2.35. The number of benzene rings is 2. The zero-order chi connectivity index (χ0) is 22.9. The third kappa shape index (κ3) is 3.99. The standard InChI is InChI=1S/C24H20ClN5O2S/c1-14-20(23(31)27-17-9-3-4-10-18(17)32-2)21(19-11-6-12-33-19)30-24(26-14)28-22(29-30)15-7-5-8-16(25)13-15/h3-13,21H,1-2H3,(H,27,31)(H,26,28,29). The summed E-state index contributed by atoms with van der Waals surface area (Å²) in [6.45, 7) is 1.87. The molecule has 1 aliphatic rings. The number of aromatic nitrogens is 3. The third-order valence-corrected chi connectivity index (χ3v) is 6.51. The summed E-state index contributed by atoms with van der Waals surface area (Å²) in [5, 5.41) is 13.6. The van der Waals surface area contributed by atoms with Gasteiger partial charge in [-0.25, -0.2) is 4.68 Å². The predicted octanol–water partition coefficient (Wildman–Crippen LogP) is 5.60. The number of nitrogens with one attached hydrogen (secondary N) is 2. The van der Waals surface area contributed by atoms with Crippen molar-refractivity contribution in [2.24, 2.45) is 0 Å². The number of hydrogen-bond acceptors (Lipinski definition) is 6. The van der Waals surface area contributed by atoms with E-state index >= 15 is 0 Å². The fourth-order valence-electron chi connectivity index (χ4n) is 3.84. The lowest BCUT2D eigenvalue weighted by molar-refractivity contribution is -0.113. The SMILES string of the molecule is COc1ccccc1NC(=O)C1=C(C)Nc2nc(-c3cccc(Cl)c3)nn2C1c1cccs1. The number of amides is 1. The van der Waals surface area contributed by atoms with Gasteiger partial charge in [-0.05, 0) is 42.6 Å². The van der Waals surface area contributed by atoms with E-state index in [1.807, 2.05) is 54.8 Å². The van der Waals surface area contributed by atoms with Crippen molar-refractivity contribution in [2.45, 2.75) is 13.0 Å². The molecule has 2 aromatic carbocycles. The highest BCUT2D eigenvalue weighted by Crippen LogP contribution is 2.39. The van der Waals surface area contributed by atoms with Crippen molar-refractivity contribution in [3.8, 4) is 17.1 Å². The number of allylic oxidation sites excluding steroid dienone is 1. The number of thiophene rings is 1. The van der Waals surface area contributed by atoms with Crippen LogP contribution in [0, 0.1) is 0 Å². The number of anilines is 2. The molecule has 0 radical (unpaired) electrons. The Balaban J connectivity index is 1.57. The van der Waals surface area contributed by atoms with Gasteiger partial charge in [-0.1, -0.05) is 41.9 Å². The second-order valence-corrected chi connectivity index (χ2v) is 8.87. The minimum absolute atomic E-state index is 0.242. The molecule has 0 saturated heterocycles. The Labute approximate surface area is 199 Å². The Bertz CT molecular complexity index is 1360. The predicted molar refractivity (Wildman–Crippen MR) is 131 cm³/mol. The molecule has 1 amide bonds. The highest BCUT2D eigenvalue weighted by molar-refractivity contribution is 7.10. The van der Waals surface area contributed by atoms with Crippen LogP contribution in [-0.2, 0) is 4.79 Å². The van der Waals surface area contributed by atoms with Crippen LogP contribution in [-0.4, -0.2) is 27.8 Å². The molecule has 9 heteroatoms. The number of halogens is 1. The monoisotopic (exact) mass is 477 g/mol. The Morgan fingerprint density at radius 2 is 2.03 bits per heavy atom. The molecule has 4 aromatic rings. The van der Waals surface area contributed by atoms with Gasteiger partial charge < -0.3 is 15.4 Å². The molecule has 0 saturated carbocycles. The summed E-state index contributed by atoms with van der Waals surface area (Å²) >= 11 is 7.73. The number of ether oxygens (including phenoxy) is 1. The zero-order valence-electron chi connectivity index (χ0n) is 17.9. The Morgan fingerprint density at radius 1 is 1.18 bits per heavy atom. The van der Waals surface area contributed by atoms with Gasteiger partial charge in [0.25, 0.3) is 5.91 Å². The van der Waals surface area contributed by atoms with Crippen LogP contribution in [0.3, 0.4) is 0 Å². The first-order valence-corrected chi connectivity index (χ1v) is 11.5. The fraction of sp³-hybridized carbons (Fsp3) is 0.125. The molecule has 3 heterocycles. The average Bonchev–Trinajstić information content (AvgIpc) is 3.48. The molecule has 1 aliphatic heterocycles. The van der Waals surface area contributed by atoms with E-state index < -0.39 is 6.04 Å². The van der Waals surface area contributed by atoms with E-state index in [0.29, 0.717) is 39.5 Å². The van der Waals surface area contributed by atoms with Gasteiger partial charge >= 0.3 is 0 Å². The summed E-state index contributed by atoms with van der Waals surface area (Å²) in [4.78, 5) is 19.2. The third-order valence-electron chi connectivity index (χ3n) is 5.35. The maximum atomic E-state index is 13.5. The molecule has 33 heavy (non-hydrogen) atoms. The number of methoxy groups -OCH3 is 1. The molecule has 0 spiro atoms. The van der Waals surface area contributed by atoms with Gasteiger partial charge in [0, 0.05) is 21.2 Å². The smallest absolute Gasteiger partial charge is 0.256 e. The number of carbonyl (C=O) groups is 1. The number of carbonyl (C=O) groups excluding carboxylic acids is 1. The van der Waals surface area contributed by atoms with Crippen LogP contribution < -0.4 is 15.4 Å². The maximum absolute atomic E-state index is 13.5. The van der Waals surface area contributed by atoms with E-state index in [9.17, 15) is 4.79 Å². The summed E-state index contributed by atoms with van der Waals surface area (Å²) in [6.07, 6.45) is 0. The topological polar surface area (TPSA) is 81.1 Å². The van der Waals surface area contributed by atoms with E-state index in [0.717, 1.165) is 10.4 Å². The van der Waals surface area contributed by atoms with E-state index in [-0.39, 0.29) is 5.91 Å². The molecule has 1 unspecified atom stereocenters. The number of rotatable bonds is 5. The number of fused-ring (bicyclic) bond motifs is 1. The fourth-order valence-corrected chi connectivity index (χ4v) is 4.85. The van der Waals surface area contributed by atoms with Crippen LogP contribution >= 0.6 is 22.9 Å². The van der Waals surface area contributed by atoms with E-state index in [1.165, 1.54) is 0 Å². The molecule has 166 valence electrons. The quantitative estimate of drug-likeness (QED) is 0.391. The normalized spacial score (nSPS) is 15.1. The van der Waals surface area contributed by atoms with Crippen molar-refractivity contribution < 1.29 is 9.53 Å². The maximum Gasteiger partial charge on any atom is 0.256 e. The van der Waals surface area contributed by atoms with Gasteiger partial charge in [-0.15, -0.1) is 16.4 Å². The van der Waals surface area contributed by atoms with Gasteiger partial charge in [0.05, 0.1) is 18.4 Å². The van der Waals surface area contributed by atoms with Crippen molar-refractivity contribution in [1.29, 1.82) is 0 Å². The molecule has 7 nitrogen and oxygen atoms in total. The molecular formula is C24H20ClN5O2S. The van der Waals surface area contributed by atoms with Crippen LogP contribution in [0.4, 0.5) is 11.6 Å². The van der Waals surface area contributed by atoms with Crippen LogP contribution in [0.15, 0.2) is 77.3 Å². The van der Waals surface area contributed by atoms with Crippen LogP contribution in [0.5, 0.6) is 5.75 Å². The summed E-state index contributed by atoms with van der Waals surface area (Å²) < 4.78 is 7.15.